The Morgan fingerprint density at radius 3 is 3.00 bits per heavy atom. The molecule has 4 heteroatoms. The molecule has 1 aromatic heterocycles. The molecule has 21 heavy (non-hydrogen) atoms. The number of halogens is 1. The van der Waals surface area contributed by atoms with Crippen molar-refractivity contribution in [3.05, 3.63) is 41.0 Å². The minimum Gasteiger partial charge on any atom is -0.327 e. The van der Waals surface area contributed by atoms with Gasteiger partial charge in [0.25, 0.3) is 0 Å². The first-order chi connectivity index (χ1) is 9.95. The third kappa shape index (κ3) is 3.05. The van der Waals surface area contributed by atoms with Crippen LogP contribution in [-0.2, 0) is 6.54 Å². The Hall–Kier alpha value is -1.16. The summed E-state index contributed by atoms with van der Waals surface area (Å²) in [7, 11) is 0. The number of benzene rings is 1. The third-order valence-electron chi connectivity index (χ3n) is 4.53. The molecule has 2 aromatic rings. The number of likely N-dealkylation sites (tertiary alicyclic amines) is 1. The summed E-state index contributed by atoms with van der Waals surface area (Å²) in [6, 6.07) is 8.31. The topological polar surface area (TPSA) is 42.2 Å². The monoisotopic (exact) mass is 303 g/mol. The summed E-state index contributed by atoms with van der Waals surface area (Å²) in [5.41, 5.74) is 8.62. The maximum atomic E-state index is 6.25. The average Bonchev–Trinajstić information content (AvgIpc) is 2.42. The van der Waals surface area contributed by atoms with Crippen molar-refractivity contribution in [2.24, 2.45) is 11.1 Å². The van der Waals surface area contributed by atoms with Gasteiger partial charge in [0.05, 0.1) is 5.52 Å². The van der Waals surface area contributed by atoms with Crippen molar-refractivity contribution >= 4 is 22.5 Å². The first kappa shape index (κ1) is 14.8. The number of nitrogens with zero attached hydrogens (tertiary/aromatic N) is 2. The van der Waals surface area contributed by atoms with E-state index in [0.29, 0.717) is 0 Å². The molecule has 0 bridgehead atoms. The second kappa shape index (κ2) is 5.56. The van der Waals surface area contributed by atoms with Crippen LogP contribution in [0.15, 0.2) is 30.5 Å². The first-order valence-electron chi connectivity index (χ1n) is 7.47. The summed E-state index contributed by atoms with van der Waals surface area (Å²) in [6.45, 7) is 7.42. The second-order valence-electron chi connectivity index (χ2n) is 6.73. The van der Waals surface area contributed by atoms with Crippen molar-refractivity contribution in [1.29, 1.82) is 0 Å². The fourth-order valence-electron chi connectivity index (χ4n) is 3.21. The van der Waals surface area contributed by atoms with Crippen molar-refractivity contribution in [2.45, 2.75) is 32.9 Å². The lowest BCUT2D eigenvalue weighted by Crippen LogP contribution is -2.52. The molecule has 2 N–H and O–H groups in total. The van der Waals surface area contributed by atoms with Crippen LogP contribution in [0.2, 0.25) is 5.02 Å². The summed E-state index contributed by atoms with van der Waals surface area (Å²) in [4.78, 5) is 6.99. The van der Waals surface area contributed by atoms with Gasteiger partial charge in [0.1, 0.15) is 0 Å². The molecular formula is C17H22ClN3. The molecule has 1 fully saturated rings. The normalized spacial score (nSPS) is 22.6. The lowest BCUT2D eigenvalue weighted by Gasteiger charge is -2.42. The molecular weight excluding hydrogens is 282 g/mol. The van der Waals surface area contributed by atoms with Gasteiger partial charge in [-0.15, -0.1) is 0 Å². The van der Waals surface area contributed by atoms with Crippen molar-refractivity contribution in [1.82, 2.24) is 9.88 Å². The molecule has 1 aliphatic heterocycles. The Bertz CT molecular complexity index is 654. The summed E-state index contributed by atoms with van der Waals surface area (Å²) >= 11 is 6.25. The smallest absolute Gasteiger partial charge is 0.0747 e. The molecule has 1 unspecified atom stereocenters. The van der Waals surface area contributed by atoms with Gasteiger partial charge in [-0.05, 0) is 35.6 Å². The lowest BCUT2D eigenvalue weighted by molar-refractivity contribution is 0.0901. The highest BCUT2D eigenvalue weighted by Crippen LogP contribution is 2.30. The Balaban J connectivity index is 1.88. The van der Waals surface area contributed by atoms with E-state index in [9.17, 15) is 0 Å². The van der Waals surface area contributed by atoms with Crippen LogP contribution in [0.25, 0.3) is 10.9 Å². The van der Waals surface area contributed by atoms with E-state index in [1.54, 1.807) is 0 Å². The Kier molecular flexibility index (Phi) is 3.91. The third-order valence-corrected chi connectivity index (χ3v) is 4.75. The van der Waals surface area contributed by atoms with Gasteiger partial charge in [0, 0.05) is 42.3 Å². The zero-order valence-electron chi connectivity index (χ0n) is 12.6. The van der Waals surface area contributed by atoms with Crippen LogP contribution in [0, 0.1) is 5.41 Å². The molecule has 1 aromatic carbocycles. The van der Waals surface area contributed by atoms with Crippen LogP contribution in [0.5, 0.6) is 0 Å². The zero-order valence-corrected chi connectivity index (χ0v) is 13.4. The molecule has 1 aliphatic rings. The van der Waals surface area contributed by atoms with Crippen LogP contribution in [0.3, 0.4) is 0 Å². The van der Waals surface area contributed by atoms with E-state index in [0.717, 1.165) is 42.0 Å². The summed E-state index contributed by atoms with van der Waals surface area (Å²) in [5, 5.41) is 1.88. The lowest BCUT2D eigenvalue weighted by atomic mass is 9.79. The molecule has 2 heterocycles. The van der Waals surface area contributed by atoms with Gasteiger partial charge < -0.3 is 5.73 Å². The summed E-state index contributed by atoms with van der Waals surface area (Å²) < 4.78 is 0. The quantitative estimate of drug-likeness (QED) is 0.924. The number of pyridine rings is 1. The molecule has 1 atom stereocenters. The molecule has 0 amide bonds. The largest absolute Gasteiger partial charge is 0.327 e. The van der Waals surface area contributed by atoms with Crippen LogP contribution < -0.4 is 5.73 Å². The standard InChI is InChI=1S/C17H22ClN3/c1-17(2)11-21(7-5-15(17)19)10-13-9-14(18)8-12-4-3-6-20-16(12)13/h3-4,6,8-9,15H,5,7,10-11,19H2,1-2H3. The molecule has 0 radical (unpaired) electrons. The van der Waals surface area contributed by atoms with E-state index in [1.807, 2.05) is 24.4 Å². The average molecular weight is 304 g/mol. The maximum absolute atomic E-state index is 6.25. The number of nitrogens with two attached hydrogens (primary N) is 1. The number of fused-ring (bicyclic) bond motifs is 1. The van der Waals surface area contributed by atoms with Crippen molar-refractivity contribution in [3.63, 3.8) is 0 Å². The fraction of sp³-hybridized carbons (Fsp3) is 0.471. The van der Waals surface area contributed by atoms with E-state index in [-0.39, 0.29) is 11.5 Å². The Labute approximate surface area is 131 Å². The highest BCUT2D eigenvalue weighted by molar-refractivity contribution is 6.31. The van der Waals surface area contributed by atoms with Gasteiger partial charge in [-0.2, -0.15) is 0 Å². The van der Waals surface area contributed by atoms with Crippen LogP contribution in [0.1, 0.15) is 25.8 Å². The van der Waals surface area contributed by atoms with Crippen molar-refractivity contribution in [2.75, 3.05) is 13.1 Å². The zero-order chi connectivity index (χ0) is 15.0. The van der Waals surface area contributed by atoms with Crippen LogP contribution in [0.4, 0.5) is 0 Å². The molecule has 0 spiro atoms. The van der Waals surface area contributed by atoms with Gasteiger partial charge in [-0.25, -0.2) is 0 Å². The van der Waals surface area contributed by atoms with E-state index >= 15 is 0 Å². The first-order valence-corrected chi connectivity index (χ1v) is 7.84. The molecule has 112 valence electrons. The molecule has 0 saturated carbocycles. The van der Waals surface area contributed by atoms with Gasteiger partial charge >= 0.3 is 0 Å². The van der Waals surface area contributed by atoms with Gasteiger partial charge in [-0.1, -0.05) is 31.5 Å². The molecule has 3 nitrogen and oxygen atoms in total. The van der Waals surface area contributed by atoms with E-state index in [2.05, 4.69) is 29.8 Å². The highest BCUT2D eigenvalue weighted by atomic mass is 35.5. The summed E-state index contributed by atoms with van der Waals surface area (Å²) in [5.74, 6) is 0. The highest BCUT2D eigenvalue weighted by Gasteiger charge is 2.33. The second-order valence-corrected chi connectivity index (χ2v) is 7.17. The number of aromatic nitrogens is 1. The van der Waals surface area contributed by atoms with Crippen LogP contribution >= 0.6 is 11.6 Å². The predicted molar refractivity (Wildman–Crippen MR) is 88.4 cm³/mol. The molecule has 0 aliphatic carbocycles. The van der Waals surface area contributed by atoms with Gasteiger partial charge in [-0.3, -0.25) is 9.88 Å². The van der Waals surface area contributed by atoms with Crippen molar-refractivity contribution in [3.8, 4) is 0 Å². The predicted octanol–water partition coefficient (Wildman–Crippen LogP) is 3.45. The minimum atomic E-state index is 0.153. The SMILES string of the molecule is CC1(C)CN(Cc2cc(Cl)cc3cccnc23)CCC1N. The van der Waals surface area contributed by atoms with Crippen molar-refractivity contribution < 1.29 is 0 Å². The van der Waals surface area contributed by atoms with E-state index in [1.165, 1.54) is 5.56 Å². The van der Waals surface area contributed by atoms with E-state index in [4.69, 9.17) is 17.3 Å². The molecule has 1 saturated heterocycles. The van der Waals surface area contributed by atoms with Gasteiger partial charge in [0.15, 0.2) is 0 Å². The summed E-state index contributed by atoms with van der Waals surface area (Å²) in [6.07, 6.45) is 2.88. The number of hydrogen-bond acceptors (Lipinski definition) is 3. The fourth-order valence-corrected chi connectivity index (χ4v) is 3.46. The maximum Gasteiger partial charge on any atom is 0.0747 e. The van der Waals surface area contributed by atoms with E-state index < -0.39 is 0 Å². The minimum absolute atomic E-state index is 0.153. The van der Waals surface area contributed by atoms with Gasteiger partial charge in [0.2, 0.25) is 0 Å². The number of hydrogen-bond donors (Lipinski definition) is 1. The molecule has 3 rings (SSSR count). The van der Waals surface area contributed by atoms with Crippen LogP contribution in [-0.4, -0.2) is 29.0 Å². The Morgan fingerprint density at radius 2 is 2.24 bits per heavy atom. The number of rotatable bonds is 2. The Morgan fingerprint density at radius 1 is 1.43 bits per heavy atom. The number of piperidine rings is 1.